The van der Waals surface area contributed by atoms with Gasteiger partial charge in [0.25, 0.3) is 0 Å². The molecule has 0 radical (unpaired) electrons. The molecule has 138 valence electrons. The lowest BCUT2D eigenvalue weighted by Crippen LogP contribution is -2.42. The number of carbonyl (C=O) groups is 2. The van der Waals surface area contributed by atoms with Crippen LogP contribution in [0.5, 0.6) is 5.75 Å². The molecule has 5 nitrogen and oxygen atoms in total. The van der Waals surface area contributed by atoms with Gasteiger partial charge in [-0.2, -0.15) is 0 Å². The molecule has 0 saturated heterocycles. The van der Waals surface area contributed by atoms with Gasteiger partial charge in [0.2, 0.25) is 5.91 Å². The zero-order valence-electron chi connectivity index (χ0n) is 14.6. The molecule has 0 saturated carbocycles. The van der Waals surface area contributed by atoms with E-state index in [-0.39, 0.29) is 18.7 Å². The summed E-state index contributed by atoms with van der Waals surface area (Å²) in [6, 6.07) is 13.6. The Kier molecular flexibility index (Phi) is 7.48. The number of amides is 1. The van der Waals surface area contributed by atoms with Gasteiger partial charge >= 0.3 is 5.97 Å². The Labute approximate surface area is 157 Å². The van der Waals surface area contributed by atoms with Crippen LogP contribution in [0.2, 0.25) is 5.02 Å². The van der Waals surface area contributed by atoms with Crippen molar-refractivity contribution in [2.24, 2.45) is 0 Å². The maximum absolute atomic E-state index is 12.0. The Morgan fingerprint density at radius 2 is 1.92 bits per heavy atom. The number of carboxylic acid groups (broad SMARTS) is 1. The molecule has 0 bridgehead atoms. The summed E-state index contributed by atoms with van der Waals surface area (Å²) in [5.41, 5.74) is 1.79. The first-order chi connectivity index (χ1) is 12.5. The van der Waals surface area contributed by atoms with Crippen LogP contribution in [0.4, 0.5) is 0 Å². The van der Waals surface area contributed by atoms with Gasteiger partial charge in [0, 0.05) is 17.9 Å². The minimum atomic E-state index is -1.05. The van der Waals surface area contributed by atoms with Crippen molar-refractivity contribution in [3.05, 3.63) is 64.7 Å². The summed E-state index contributed by atoms with van der Waals surface area (Å²) < 4.78 is 5.64. The second kappa shape index (κ2) is 9.82. The molecule has 2 aromatic rings. The topological polar surface area (TPSA) is 75.6 Å². The van der Waals surface area contributed by atoms with Crippen molar-refractivity contribution in [3.63, 3.8) is 0 Å². The lowest BCUT2D eigenvalue weighted by molar-refractivity contribution is -0.141. The Morgan fingerprint density at radius 1 is 1.19 bits per heavy atom. The van der Waals surface area contributed by atoms with E-state index in [0.29, 0.717) is 18.1 Å². The summed E-state index contributed by atoms with van der Waals surface area (Å²) in [5.74, 6) is -0.623. The lowest BCUT2D eigenvalue weighted by atomic mass is 10.1. The van der Waals surface area contributed by atoms with Crippen molar-refractivity contribution >= 4 is 23.5 Å². The fourth-order valence-electron chi connectivity index (χ4n) is 2.51. The van der Waals surface area contributed by atoms with Crippen LogP contribution in [-0.2, 0) is 16.0 Å². The normalized spacial score (nSPS) is 11.6. The maximum Gasteiger partial charge on any atom is 0.326 e. The van der Waals surface area contributed by atoms with Gasteiger partial charge in [-0.3, -0.25) is 4.79 Å². The number of hydrogen-bond acceptors (Lipinski definition) is 3. The number of carbonyl (C=O) groups excluding carboxylic acids is 1. The molecule has 6 heteroatoms. The standard InChI is InChI=1S/C20H22ClNO4/c1-14-12-16(21)9-10-18(14)26-11-5-8-19(23)22-17(20(24)25)13-15-6-3-2-4-7-15/h2-4,6-7,9-10,12,17H,5,8,11,13H2,1H3,(H,22,23)(H,24,25)/t17-/m1/s1. The highest BCUT2D eigenvalue weighted by Crippen LogP contribution is 2.21. The number of ether oxygens (including phenoxy) is 1. The van der Waals surface area contributed by atoms with E-state index in [0.717, 1.165) is 16.9 Å². The molecule has 0 aliphatic rings. The number of nitrogens with one attached hydrogen (secondary N) is 1. The predicted octanol–water partition coefficient (Wildman–Crippen LogP) is 3.62. The zero-order valence-corrected chi connectivity index (χ0v) is 15.3. The molecule has 0 heterocycles. The molecule has 2 rings (SSSR count). The second-order valence-corrected chi connectivity index (χ2v) is 6.45. The van der Waals surface area contributed by atoms with E-state index in [1.807, 2.05) is 43.3 Å². The van der Waals surface area contributed by atoms with Gasteiger partial charge in [-0.15, -0.1) is 0 Å². The monoisotopic (exact) mass is 375 g/mol. The minimum absolute atomic E-state index is 0.200. The first-order valence-electron chi connectivity index (χ1n) is 8.41. The Balaban J connectivity index is 1.76. The summed E-state index contributed by atoms with van der Waals surface area (Å²) in [6.07, 6.45) is 0.944. The Hall–Kier alpha value is -2.53. The highest BCUT2D eigenvalue weighted by atomic mass is 35.5. The molecular formula is C20H22ClNO4. The smallest absolute Gasteiger partial charge is 0.326 e. The largest absolute Gasteiger partial charge is 0.493 e. The van der Waals surface area contributed by atoms with Gasteiger partial charge in [0.15, 0.2) is 0 Å². The Bertz CT molecular complexity index is 749. The second-order valence-electron chi connectivity index (χ2n) is 6.01. The third-order valence-corrected chi connectivity index (χ3v) is 4.09. The van der Waals surface area contributed by atoms with Gasteiger partial charge in [0.1, 0.15) is 11.8 Å². The number of rotatable bonds is 9. The van der Waals surface area contributed by atoms with E-state index < -0.39 is 12.0 Å². The third kappa shape index (κ3) is 6.41. The van der Waals surface area contributed by atoms with E-state index >= 15 is 0 Å². The van der Waals surface area contributed by atoms with Crippen molar-refractivity contribution in [3.8, 4) is 5.75 Å². The number of halogens is 1. The number of carboxylic acids is 1. The van der Waals surface area contributed by atoms with Crippen molar-refractivity contribution in [2.75, 3.05) is 6.61 Å². The number of hydrogen-bond donors (Lipinski definition) is 2. The molecule has 2 N–H and O–H groups in total. The quantitative estimate of drug-likeness (QED) is 0.656. The molecule has 0 fully saturated rings. The fourth-order valence-corrected chi connectivity index (χ4v) is 2.73. The van der Waals surface area contributed by atoms with Crippen LogP contribution in [0.15, 0.2) is 48.5 Å². The number of benzene rings is 2. The summed E-state index contributed by atoms with van der Waals surface area (Å²) in [6.45, 7) is 2.27. The van der Waals surface area contributed by atoms with Gasteiger partial charge in [-0.05, 0) is 42.7 Å². The lowest BCUT2D eigenvalue weighted by Gasteiger charge is -2.15. The van der Waals surface area contributed by atoms with Gasteiger partial charge < -0.3 is 15.2 Å². The molecular weight excluding hydrogens is 354 g/mol. The molecule has 0 unspecified atom stereocenters. The first-order valence-corrected chi connectivity index (χ1v) is 8.78. The molecule has 0 spiro atoms. The van der Waals surface area contributed by atoms with Crippen LogP contribution >= 0.6 is 11.6 Å². The van der Waals surface area contributed by atoms with Crippen molar-refractivity contribution < 1.29 is 19.4 Å². The van der Waals surface area contributed by atoms with Crippen LogP contribution in [0.25, 0.3) is 0 Å². The average molecular weight is 376 g/mol. The maximum atomic E-state index is 12.0. The van der Waals surface area contributed by atoms with Crippen LogP contribution in [0, 0.1) is 6.92 Å². The van der Waals surface area contributed by atoms with Crippen molar-refractivity contribution in [1.29, 1.82) is 0 Å². The summed E-state index contributed by atoms with van der Waals surface area (Å²) in [7, 11) is 0. The highest BCUT2D eigenvalue weighted by molar-refractivity contribution is 6.30. The van der Waals surface area contributed by atoms with Crippen LogP contribution < -0.4 is 10.1 Å². The highest BCUT2D eigenvalue weighted by Gasteiger charge is 2.20. The van der Waals surface area contributed by atoms with Gasteiger partial charge in [-0.1, -0.05) is 41.9 Å². The molecule has 1 atom stereocenters. The van der Waals surface area contributed by atoms with Crippen LogP contribution in [-0.4, -0.2) is 29.6 Å². The number of aryl methyl sites for hydroxylation is 1. The predicted molar refractivity (Wildman–Crippen MR) is 101 cm³/mol. The third-order valence-electron chi connectivity index (χ3n) is 3.86. The van der Waals surface area contributed by atoms with Gasteiger partial charge in [-0.25, -0.2) is 4.79 Å². The molecule has 0 aromatic heterocycles. The van der Waals surface area contributed by atoms with E-state index in [2.05, 4.69) is 5.32 Å². The molecule has 26 heavy (non-hydrogen) atoms. The molecule has 0 aliphatic carbocycles. The number of aliphatic carboxylic acids is 1. The Morgan fingerprint density at radius 3 is 2.58 bits per heavy atom. The van der Waals surface area contributed by atoms with E-state index in [1.54, 1.807) is 12.1 Å². The average Bonchev–Trinajstić information content (AvgIpc) is 2.60. The first kappa shape index (κ1) is 19.8. The minimum Gasteiger partial charge on any atom is -0.493 e. The van der Waals surface area contributed by atoms with Crippen molar-refractivity contribution in [1.82, 2.24) is 5.32 Å². The zero-order chi connectivity index (χ0) is 18.9. The van der Waals surface area contributed by atoms with Crippen LogP contribution in [0.1, 0.15) is 24.0 Å². The summed E-state index contributed by atoms with van der Waals surface area (Å²) >= 11 is 5.90. The summed E-state index contributed by atoms with van der Waals surface area (Å²) in [5, 5.41) is 12.5. The van der Waals surface area contributed by atoms with Gasteiger partial charge in [0.05, 0.1) is 6.61 Å². The van der Waals surface area contributed by atoms with E-state index in [1.165, 1.54) is 0 Å². The SMILES string of the molecule is Cc1cc(Cl)ccc1OCCCC(=O)N[C@H](Cc1ccccc1)C(=O)O. The van der Waals surface area contributed by atoms with E-state index in [9.17, 15) is 14.7 Å². The molecule has 1 amide bonds. The summed E-state index contributed by atoms with van der Waals surface area (Å²) in [4.78, 5) is 23.4. The molecule has 2 aromatic carbocycles. The van der Waals surface area contributed by atoms with E-state index in [4.69, 9.17) is 16.3 Å². The fraction of sp³-hybridized carbons (Fsp3) is 0.300. The van der Waals surface area contributed by atoms with Crippen LogP contribution in [0.3, 0.4) is 0 Å². The van der Waals surface area contributed by atoms with Crippen molar-refractivity contribution in [2.45, 2.75) is 32.2 Å². The molecule has 0 aliphatic heterocycles.